The number of nitrogens with zero attached hydrogens (tertiary/aromatic N) is 1. The topological polar surface area (TPSA) is 23.5 Å². The van der Waals surface area contributed by atoms with E-state index in [1.165, 1.54) is 24.1 Å². The quantitative estimate of drug-likeness (QED) is 0.885. The monoisotopic (exact) mass is 247 g/mol. The summed E-state index contributed by atoms with van der Waals surface area (Å²) in [6.45, 7) is 8.21. The molecule has 1 unspecified atom stereocenters. The molecule has 0 spiro atoms. The third-order valence-electron chi connectivity index (χ3n) is 4.13. The maximum Gasteiger partial charge on any atom is 0.0433 e. The zero-order chi connectivity index (χ0) is 13.2. The molecule has 1 aromatic carbocycles. The summed E-state index contributed by atoms with van der Waals surface area (Å²) in [6.07, 6.45) is 3.31. The second kappa shape index (κ2) is 5.31. The van der Waals surface area contributed by atoms with Crippen LogP contribution in [0.3, 0.4) is 0 Å². The van der Waals surface area contributed by atoms with E-state index in [0.717, 1.165) is 13.0 Å². The standard InChI is InChI=1S/C16H25NO/c1-13-5-4-6-15(11-13)17-9-7-14(8-10-18)12-16(17,2)3/h4-6,11,14,18H,7-10,12H2,1-3H3. The molecular formula is C16H25NO. The van der Waals surface area contributed by atoms with Crippen molar-refractivity contribution in [2.45, 2.75) is 45.6 Å². The summed E-state index contributed by atoms with van der Waals surface area (Å²) in [4.78, 5) is 2.52. The molecule has 0 radical (unpaired) electrons. The number of benzene rings is 1. The number of aliphatic hydroxyl groups excluding tert-OH is 1. The van der Waals surface area contributed by atoms with Crippen molar-refractivity contribution in [3.63, 3.8) is 0 Å². The molecule has 2 nitrogen and oxygen atoms in total. The van der Waals surface area contributed by atoms with Crippen molar-refractivity contribution in [2.24, 2.45) is 5.92 Å². The van der Waals surface area contributed by atoms with E-state index in [0.29, 0.717) is 12.5 Å². The number of hydrogen-bond donors (Lipinski definition) is 1. The van der Waals surface area contributed by atoms with Crippen LogP contribution in [-0.4, -0.2) is 23.8 Å². The summed E-state index contributed by atoms with van der Waals surface area (Å²) < 4.78 is 0. The summed E-state index contributed by atoms with van der Waals surface area (Å²) >= 11 is 0. The van der Waals surface area contributed by atoms with Gasteiger partial charge in [0.1, 0.15) is 0 Å². The first kappa shape index (κ1) is 13.4. The SMILES string of the molecule is Cc1cccc(N2CCC(CCO)CC2(C)C)c1. The highest BCUT2D eigenvalue weighted by Gasteiger charge is 2.34. The lowest BCUT2D eigenvalue weighted by Crippen LogP contribution is -2.50. The lowest BCUT2D eigenvalue weighted by atomic mass is 9.81. The van der Waals surface area contributed by atoms with Crippen molar-refractivity contribution >= 4 is 5.69 Å². The molecule has 100 valence electrons. The molecule has 0 bridgehead atoms. The van der Waals surface area contributed by atoms with Gasteiger partial charge < -0.3 is 10.0 Å². The molecule has 0 saturated carbocycles. The van der Waals surface area contributed by atoms with Gasteiger partial charge in [-0.1, -0.05) is 12.1 Å². The van der Waals surface area contributed by atoms with Gasteiger partial charge in [0.2, 0.25) is 0 Å². The summed E-state index contributed by atoms with van der Waals surface area (Å²) in [5.41, 5.74) is 2.84. The van der Waals surface area contributed by atoms with E-state index in [9.17, 15) is 0 Å². The molecule has 0 aliphatic carbocycles. The Morgan fingerprint density at radius 3 is 2.78 bits per heavy atom. The summed E-state index contributed by atoms with van der Waals surface area (Å²) in [5, 5.41) is 9.09. The van der Waals surface area contributed by atoms with Crippen LogP contribution in [0.1, 0.15) is 38.7 Å². The fraction of sp³-hybridized carbons (Fsp3) is 0.625. The van der Waals surface area contributed by atoms with Crippen molar-refractivity contribution in [1.29, 1.82) is 0 Å². The van der Waals surface area contributed by atoms with Crippen molar-refractivity contribution in [2.75, 3.05) is 18.1 Å². The first-order valence-electron chi connectivity index (χ1n) is 6.98. The van der Waals surface area contributed by atoms with Crippen LogP contribution >= 0.6 is 0 Å². The van der Waals surface area contributed by atoms with Crippen LogP contribution in [0, 0.1) is 12.8 Å². The molecule has 2 rings (SSSR count). The molecule has 1 aliphatic rings. The van der Waals surface area contributed by atoms with Gasteiger partial charge in [0.15, 0.2) is 0 Å². The van der Waals surface area contributed by atoms with E-state index in [1.54, 1.807) is 0 Å². The maximum absolute atomic E-state index is 9.09. The summed E-state index contributed by atoms with van der Waals surface area (Å²) in [5.74, 6) is 0.672. The summed E-state index contributed by atoms with van der Waals surface area (Å²) in [6, 6.07) is 8.77. The minimum Gasteiger partial charge on any atom is -0.396 e. The zero-order valence-corrected chi connectivity index (χ0v) is 11.8. The average Bonchev–Trinajstić information content (AvgIpc) is 2.28. The molecule has 1 heterocycles. The Kier molecular flexibility index (Phi) is 3.96. The predicted molar refractivity (Wildman–Crippen MR) is 77.0 cm³/mol. The maximum atomic E-state index is 9.09. The van der Waals surface area contributed by atoms with E-state index >= 15 is 0 Å². The fourth-order valence-electron chi connectivity index (χ4n) is 3.24. The Morgan fingerprint density at radius 1 is 1.39 bits per heavy atom. The normalized spacial score (nSPS) is 23.1. The van der Waals surface area contributed by atoms with Gasteiger partial charge in [0.05, 0.1) is 0 Å². The predicted octanol–water partition coefficient (Wildman–Crippen LogP) is 3.37. The van der Waals surface area contributed by atoms with Crippen LogP contribution in [0.25, 0.3) is 0 Å². The van der Waals surface area contributed by atoms with Gasteiger partial charge in [0.25, 0.3) is 0 Å². The molecular weight excluding hydrogens is 222 g/mol. The highest BCUT2D eigenvalue weighted by Crippen LogP contribution is 2.36. The van der Waals surface area contributed by atoms with Crippen molar-refractivity contribution in [1.82, 2.24) is 0 Å². The fourth-order valence-corrected chi connectivity index (χ4v) is 3.24. The molecule has 0 amide bonds. The Morgan fingerprint density at radius 2 is 2.17 bits per heavy atom. The van der Waals surface area contributed by atoms with Crippen molar-refractivity contribution < 1.29 is 5.11 Å². The molecule has 1 fully saturated rings. The largest absolute Gasteiger partial charge is 0.396 e. The van der Waals surface area contributed by atoms with Gasteiger partial charge in [-0.2, -0.15) is 0 Å². The van der Waals surface area contributed by atoms with Crippen LogP contribution in [0.5, 0.6) is 0 Å². The van der Waals surface area contributed by atoms with E-state index < -0.39 is 0 Å². The van der Waals surface area contributed by atoms with E-state index in [-0.39, 0.29) is 5.54 Å². The van der Waals surface area contributed by atoms with Gasteiger partial charge in [-0.05, 0) is 63.6 Å². The molecule has 1 saturated heterocycles. The second-order valence-electron chi connectivity index (χ2n) is 6.17. The Hall–Kier alpha value is -1.02. The zero-order valence-electron chi connectivity index (χ0n) is 11.8. The van der Waals surface area contributed by atoms with Gasteiger partial charge in [0, 0.05) is 24.4 Å². The lowest BCUT2D eigenvalue weighted by Gasteiger charge is -2.47. The summed E-state index contributed by atoms with van der Waals surface area (Å²) in [7, 11) is 0. The molecule has 2 heteroatoms. The Balaban J connectivity index is 2.15. The van der Waals surface area contributed by atoms with Crippen molar-refractivity contribution in [3.8, 4) is 0 Å². The van der Waals surface area contributed by atoms with Gasteiger partial charge in [-0.3, -0.25) is 0 Å². The van der Waals surface area contributed by atoms with Crippen LogP contribution < -0.4 is 4.90 Å². The minimum absolute atomic E-state index is 0.186. The average molecular weight is 247 g/mol. The Labute approximate surface area is 111 Å². The molecule has 1 atom stereocenters. The van der Waals surface area contributed by atoms with E-state index in [4.69, 9.17) is 5.11 Å². The lowest BCUT2D eigenvalue weighted by molar-refractivity contribution is 0.205. The molecule has 1 aromatic rings. The van der Waals surface area contributed by atoms with Gasteiger partial charge in [-0.15, -0.1) is 0 Å². The highest BCUT2D eigenvalue weighted by molar-refractivity contribution is 5.51. The first-order chi connectivity index (χ1) is 8.53. The molecule has 1 N–H and O–H groups in total. The number of aliphatic hydroxyl groups is 1. The van der Waals surface area contributed by atoms with Crippen LogP contribution in [-0.2, 0) is 0 Å². The molecule has 18 heavy (non-hydrogen) atoms. The molecule has 1 aliphatic heterocycles. The van der Waals surface area contributed by atoms with Crippen LogP contribution in [0.2, 0.25) is 0 Å². The second-order valence-corrected chi connectivity index (χ2v) is 6.17. The smallest absolute Gasteiger partial charge is 0.0433 e. The number of hydrogen-bond acceptors (Lipinski definition) is 2. The van der Waals surface area contributed by atoms with Gasteiger partial charge in [-0.25, -0.2) is 0 Å². The number of piperidine rings is 1. The third kappa shape index (κ3) is 2.86. The van der Waals surface area contributed by atoms with Crippen LogP contribution in [0.4, 0.5) is 5.69 Å². The first-order valence-corrected chi connectivity index (χ1v) is 6.98. The van der Waals surface area contributed by atoms with E-state index in [1.807, 2.05) is 0 Å². The van der Waals surface area contributed by atoms with E-state index in [2.05, 4.69) is 49.9 Å². The highest BCUT2D eigenvalue weighted by atomic mass is 16.3. The van der Waals surface area contributed by atoms with Gasteiger partial charge >= 0.3 is 0 Å². The molecule has 0 aromatic heterocycles. The number of anilines is 1. The van der Waals surface area contributed by atoms with Crippen LogP contribution in [0.15, 0.2) is 24.3 Å². The number of rotatable bonds is 3. The third-order valence-corrected chi connectivity index (χ3v) is 4.13. The minimum atomic E-state index is 0.186. The number of aryl methyl sites for hydroxylation is 1. The Bertz CT molecular complexity index is 400. The van der Waals surface area contributed by atoms with Crippen molar-refractivity contribution in [3.05, 3.63) is 29.8 Å².